The summed E-state index contributed by atoms with van der Waals surface area (Å²) in [7, 11) is 3.92. The number of nitro groups is 1. The summed E-state index contributed by atoms with van der Waals surface area (Å²) in [6, 6.07) is 10.9. The lowest BCUT2D eigenvalue weighted by Gasteiger charge is -2.09. The van der Waals surface area contributed by atoms with Crippen molar-refractivity contribution in [2.75, 3.05) is 19.0 Å². The van der Waals surface area contributed by atoms with Gasteiger partial charge in [-0.1, -0.05) is 12.1 Å². The molecule has 2 aliphatic rings. The summed E-state index contributed by atoms with van der Waals surface area (Å²) in [4.78, 5) is 12.2. The molecular formula is C12H12N2O2. The topological polar surface area (TPSA) is 46.4 Å². The SMILES string of the molecule is CN(C)c1ccc2cc([N+](=O)[O-])cc-2cc1. The molecule has 0 radical (unpaired) electrons. The molecule has 0 aliphatic heterocycles. The van der Waals surface area contributed by atoms with Crippen LogP contribution in [0.4, 0.5) is 11.4 Å². The maximum Gasteiger partial charge on any atom is 0.270 e. The molecule has 0 unspecified atom stereocenters. The van der Waals surface area contributed by atoms with Gasteiger partial charge >= 0.3 is 0 Å². The molecule has 82 valence electrons. The van der Waals surface area contributed by atoms with Crippen molar-refractivity contribution < 1.29 is 4.92 Å². The molecule has 0 heterocycles. The van der Waals surface area contributed by atoms with Crippen molar-refractivity contribution in [1.82, 2.24) is 0 Å². The Morgan fingerprint density at radius 3 is 1.94 bits per heavy atom. The molecule has 0 spiro atoms. The minimum atomic E-state index is -0.368. The Morgan fingerprint density at radius 1 is 1.06 bits per heavy atom. The predicted molar refractivity (Wildman–Crippen MR) is 64.0 cm³/mol. The van der Waals surface area contributed by atoms with Crippen molar-refractivity contribution in [2.45, 2.75) is 0 Å². The van der Waals surface area contributed by atoms with Gasteiger partial charge in [0.05, 0.1) is 4.92 Å². The Labute approximate surface area is 93.6 Å². The Kier molecular flexibility index (Phi) is 2.48. The van der Waals surface area contributed by atoms with Crippen LogP contribution in [0.2, 0.25) is 0 Å². The molecule has 0 bridgehead atoms. The van der Waals surface area contributed by atoms with Crippen molar-refractivity contribution >= 4 is 11.4 Å². The lowest BCUT2D eigenvalue weighted by molar-refractivity contribution is -0.384. The monoisotopic (exact) mass is 216 g/mol. The number of nitrogens with zero attached hydrogens (tertiary/aromatic N) is 2. The number of rotatable bonds is 2. The highest BCUT2D eigenvalue weighted by molar-refractivity contribution is 5.73. The number of hydrogen-bond donors (Lipinski definition) is 0. The van der Waals surface area contributed by atoms with E-state index >= 15 is 0 Å². The molecule has 0 atom stereocenters. The largest absolute Gasteiger partial charge is 0.378 e. The maximum absolute atomic E-state index is 10.6. The van der Waals surface area contributed by atoms with Gasteiger partial charge in [-0.05, 0) is 23.3 Å². The highest BCUT2D eigenvalue weighted by Crippen LogP contribution is 2.30. The van der Waals surface area contributed by atoms with Gasteiger partial charge in [-0.15, -0.1) is 0 Å². The molecule has 16 heavy (non-hydrogen) atoms. The van der Waals surface area contributed by atoms with E-state index in [-0.39, 0.29) is 10.6 Å². The third-order valence-corrected chi connectivity index (χ3v) is 2.53. The molecule has 0 aromatic rings. The molecule has 0 saturated carbocycles. The van der Waals surface area contributed by atoms with Crippen LogP contribution in [0, 0.1) is 10.1 Å². The second-order valence-electron chi connectivity index (χ2n) is 3.87. The fourth-order valence-corrected chi connectivity index (χ4v) is 1.63. The molecule has 0 aromatic heterocycles. The van der Waals surface area contributed by atoms with Gasteiger partial charge in [0.15, 0.2) is 0 Å². The normalized spacial score (nSPS) is 10.4. The highest BCUT2D eigenvalue weighted by atomic mass is 16.6. The molecule has 0 fully saturated rings. The minimum absolute atomic E-state index is 0.146. The van der Waals surface area contributed by atoms with Crippen molar-refractivity contribution in [3.8, 4) is 11.1 Å². The van der Waals surface area contributed by atoms with Gasteiger partial charge in [0, 0.05) is 31.9 Å². The van der Waals surface area contributed by atoms with Crippen LogP contribution in [0.25, 0.3) is 11.1 Å². The van der Waals surface area contributed by atoms with Gasteiger partial charge in [0.25, 0.3) is 5.69 Å². The number of fused-ring (bicyclic) bond motifs is 1. The summed E-state index contributed by atoms with van der Waals surface area (Å²) in [5.74, 6) is 0. The van der Waals surface area contributed by atoms with Crippen LogP contribution in [-0.2, 0) is 0 Å². The summed E-state index contributed by atoms with van der Waals surface area (Å²) in [5, 5.41) is 10.6. The zero-order chi connectivity index (χ0) is 11.7. The first-order chi connectivity index (χ1) is 7.58. The van der Waals surface area contributed by atoms with E-state index in [1.165, 1.54) is 0 Å². The van der Waals surface area contributed by atoms with Crippen molar-refractivity contribution in [3.05, 3.63) is 46.5 Å². The molecule has 4 nitrogen and oxygen atoms in total. The van der Waals surface area contributed by atoms with Gasteiger partial charge in [0.2, 0.25) is 0 Å². The fraction of sp³-hybridized carbons (Fsp3) is 0.167. The van der Waals surface area contributed by atoms with E-state index in [0.29, 0.717) is 0 Å². The van der Waals surface area contributed by atoms with Crippen LogP contribution in [0.15, 0.2) is 36.4 Å². The van der Waals surface area contributed by atoms with Crippen LogP contribution < -0.4 is 4.90 Å². The van der Waals surface area contributed by atoms with E-state index in [4.69, 9.17) is 0 Å². The smallest absolute Gasteiger partial charge is 0.270 e. The fourth-order valence-electron chi connectivity index (χ4n) is 1.63. The van der Waals surface area contributed by atoms with E-state index in [2.05, 4.69) is 0 Å². The average Bonchev–Trinajstić information content (AvgIpc) is 2.52. The van der Waals surface area contributed by atoms with E-state index < -0.39 is 0 Å². The van der Waals surface area contributed by atoms with Crippen LogP contribution in [0.5, 0.6) is 0 Å². The average molecular weight is 216 g/mol. The number of hydrogen-bond acceptors (Lipinski definition) is 3. The standard InChI is InChI=1S/C12H12N2O2/c1-13(2)11-5-3-9-7-12(14(15)16)8-10(9)4-6-11/h3-8H,1-2H3. The number of anilines is 1. The van der Waals surface area contributed by atoms with E-state index in [1.54, 1.807) is 12.1 Å². The first-order valence-corrected chi connectivity index (χ1v) is 4.93. The molecule has 2 aliphatic carbocycles. The summed E-state index contributed by atoms with van der Waals surface area (Å²) < 4.78 is 0. The second kappa shape index (κ2) is 3.81. The van der Waals surface area contributed by atoms with Gasteiger partial charge in [0.1, 0.15) is 0 Å². The van der Waals surface area contributed by atoms with Crippen LogP contribution in [0.1, 0.15) is 0 Å². The first-order valence-electron chi connectivity index (χ1n) is 4.93. The Bertz CT molecular complexity index is 475. The van der Waals surface area contributed by atoms with Crippen molar-refractivity contribution in [1.29, 1.82) is 0 Å². The first kappa shape index (κ1) is 10.4. The summed E-state index contributed by atoms with van der Waals surface area (Å²) in [6.07, 6.45) is 0. The van der Waals surface area contributed by atoms with Crippen LogP contribution in [-0.4, -0.2) is 19.0 Å². The Balaban J connectivity index is 2.53. The van der Waals surface area contributed by atoms with Crippen LogP contribution in [0.3, 0.4) is 0 Å². The minimum Gasteiger partial charge on any atom is -0.378 e. The third-order valence-electron chi connectivity index (χ3n) is 2.53. The van der Waals surface area contributed by atoms with Gasteiger partial charge < -0.3 is 4.90 Å². The summed E-state index contributed by atoms with van der Waals surface area (Å²) in [5.41, 5.74) is 2.99. The Hall–Kier alpha value is -2.10. The molecule has 0 amide bonds. The van der Waals surface area contributed by atoms with Crippen molar-refractivity contribution in [3.63, 3.8) is 0 Å². The van der Waals surface area contributed by atoms with E-state index in [0.717, 1.165) is 16.8 Å². The second-order valence-corrected chi connectivity index (χ2v) is 3.87. The summed E-state index contributed by atoms with van der Waals surface area (Å²) in [6.45, 7) is 0. The zero-order valence-corrected chi connectivity index (χ0v) is 9.18. The third kappa shape index (κ3) is 1.82. The lowest BCUT2D eigenvalue weighted by Crippen LogP contribution is -2.07. The molecule has 0 saturated heterocycles. The highest BCUT2D eigenvalue weighted by Gasteiger charge is 2.13. The molecule has 0 aromatic carbocycles. The van der Waals surface area contributed by atoms with Crippen molar-refractivity contribution in [2.24, 2.45) is 0 Å². The molecule has 0 N–H and O–H groups in total. The molecule has 4 heteroatoms. The van der Waals surface area contributed by atoms with Gasteiger partial charge in [-0.2, -0.15) is 0 Å². The van der Waals surface area contributed by atoms with E-state index in [1.807, 2.05) is 43.3 Å². The molecule has 2 rings (SSSR count). The summed E-state index contributed by atoms with van der Waals surface area (Å²) >= 11 is 0. The molecular weight excluding hydrogens is 204 g/mol. The predicted octanol–water partition coefficient (Wildman–Crippen LogP) is 2.77. The van der Waals surface area contributed by atoms with Gasteiger partial charge in [-0.25, -0.2) is 0 Å². The van der Waals surface area contributed by atoms with E-state index in [9.17, 15) is 10.1 Å². The Morgan fingerprint density at radius 2 is 1.56 bits per heavy atom. The zero-order valence-electron chi connectivity index (χ0n) is 9.18. The quantitative estimate of drug-likeness (QED) is 0.572. The lowest BCUT2D eigenvalue weighted by atomic mass is 10.2. The van der Waals surface area contributed by atoms with Crippen LogP contribution >= 0.6 is 0 Å². The van der Waals surface area contributed by atoms with Gasteiger partial charge in [-0.3, -0.25) is 10.1 Å². The maximum atomic E-state index is 10.6.